The number of benzene rings is 15. The lowest BCUT2D eigenvalue weighted by molar-refractivity contribution is 0.602. The van der Waals surface area contributed by atoms with E-state index in [1.165, 1.54) is 152 Å². The Balaban J connectivity index is 0.0000000986. The van der Waals surface area contributed by atoms with Gasteiger partial charge in [0.25, 0.3) is 0 Å². The molecule has 0 unspecified atom stereocenters. The third kappa shape index (κ3) is 8.97. The number of thiazole rings is 2. The van der Waals surface area contributed by atoms with Gasteiger partial charge in [-0.3, -0.25) is 4.57 Å². The molecule has 0 amide bonds. The Hall–Kier alpha value is -13.7. The van der Waals surface area contributed by atoms with Crippen molar-refractivity contribution in [3.63, 3.8) is 0 Å². The van der Waals surface area contributed by atoms with Crippen LogP contribution in [0.15, 0.2) is 350 Å². The topological polar surface area (TPSA) is 81.4 Å². The van der Waals surface area contributed by atoms with Crippen LogP contribution in [0.2, 0.25) is 0 Å². The van der Waals surface area contributed by atoms with Crippen LogP contribution in [-0.4, -0.2) is 42.4 Å². The normalized spacial score (nSPS) is 12.0. The predicted molar refractivity (Wildman–Crippen MR) is 439 cm³/mol. The maximum absolute atomic E-state index is 5.68. The fourth-order valence-electron chi connectivity index (χ4n) is 16.7. The number of nitrogens with zero attached hydrogens (tertiary/aromatic N) is 9. The van der Waals surface area contributed by atoms with Gasteiger partial charge in [0.2, 0.25) is 0 Å². The molecule has 0 aliphatic carbocycles. The Morgan fingerprint density at radius 1 is 0.238 bits per heavy atom. The molecule has 12 heteroatoms. The Bertz CT molecular complexity index is 6960. The number of hydrogen-bond donors (Lipinski definition) is 0. The predicted octanol–water partition coefficient (Wildman–Crippen LogP) is 25.0. The van der Waals surface area contributed by atoms with Crippen LogP contribution in [0.3, 0.4) is 0 Å². The lowest BCUT2D eigenvalue weighted by atomic mass is 10.1. The summed E-state index contributed by atoms with van der Waals surface area (Å²) in [4.78, 5) is 13.9. The first-order chi connectivity index (χ1) is 52.1. The van der Waals surface area contributed by atoms with Gasteiger partial charge in [-0.25, -0.2) is 15.0 Å². The molecule has 0 radical (unpaired) electrons. The lowest BCUT2D eigenvalue weighted by Gasteiger charge is -2.12. The quantitative estimate of drug-likeness (QED) is 0.166. The molecular weight excluding hydrogens is 1320 g/mol. The molecule has 9 aromatic heterocycles. The van der Waals surface area contributed by atoms with Crippen molar-refractivity contribution in [2.24, 2.45) is 0 Å². The van der Waals surface area contributed by atoms with Crippen LogP contribution in [0, 0.1) is 0 Å². The Labute approximate surface area is 606 Å². The molecule has 0 saturated heterocycles. The summed E-state index contributed by atoms with van der Waals surface area (Å²) in [5.41, 5.74) is 25.8. The molecule has 0 bridgehead atoms. The van der Waals surface area contributed by atoms with Crippen LogP contribution >= 0.6 is 22.7 Å². The van der Waals surface area contributed by atoms with Gasteiger partial charge in [0.05, 0.1) is 97.8 Å². The van der Waals surface area contributed by atoms with Crippen molar-refractivity contribution in [1.82, 2.24) is 42.4 Å². The largest absolute Gasteiger partial charge is 0.443 e. The minimum absolute atomic E-state index is 0.782. The molecule has 24 rings (SSSR count). The van der Waals surface area contributed by atoms with Crippen molar-refractivity contribution in [2.45, 2.75) is 0 Å². The highest BCUT2D eigenvalue weighted by Gasteiger charge is 2.26. The van der Waals surface area contributed by atoms with Gasteiger partial charge in [0.1, 0.15) is 5.52 Å². The van der Waals surface area contributed by atoms with Crippen LogP contribution in [-0.2, 0) is 0 Å². The summed E-state index contributed by atoms with van der Waals surface area (Å²) in [7, 11) is 0. The zero-order chi connectivity index (χ0) is 68.8. The molecule has 0 aliphatic rings. The zero-order valence-corrected chi connectivity index (χ0v) is 57.8. The summed E-state index contributed by atoms with van der Waals surface area (Å²) in [5.74, 6) is 0. The van der Waals surface area contributed by atoms with Gasteiger partial charge in [-0.1, -0.05) is 224 Å². The van der Waals surface area contributed by atoms with Crippen molar-refractivity contribution in [3.8, 4) is 33.6 Å². The molecule has 0 aliphatic heterocycles. The molecule has 0 atom stereocenters. The van der Waals surface area contributed by atoms with Crippen LogP contribution in [0.4, 0.5) is 0 Å². The van der Waals surface area contributed by atoms with Crippen molar-refractivity contribution >= 4 is 185 Å². The monoisotopic (exact) mass is 1380 g/mol. The van der Waals surface area contributed by atoms with E-state index < -0.39 is 0 Å². The van der Waals surface area contributed by atoms with Crippen LogP contribution in [0.5, 0.6) is 0 Å². The van der Waals surface area contributed by atoms with E-state index in [0.717, 1.165) is 50.0 Å². The molecule has 0 spiro atoms. The van der Waals surface area contributed by atoms with Crippen LogP contribution < -0.4 is 0 Å². The van der Waals surface area contributed by atoms with E-state index in [-0.39, 0.29) is 0 Å². The van der Waals surface area contributed by atoms with Crippen molar-refractivity contribution in [2.75, 3.05) is 0 Å². The van der Waals surface area contributed by atoms with E-state index in [1.807, 2.05) is 11.6 Å². The summed E-state index contributed by atoms with van der Waals surface area (Å²) in [6.45, 7) is 0. The Morgan fingerprint density at radius 2 is 0.571 bits per heavy atom. The minimum Gasteiger partial charge on any atom is -0.443 e. The summed E-state index contributed by atoms with van der Waals surface area (Å²) in [5, 5.41) is 16.0. The molecular formula is C93H57N9OS2. The number of para-hydroxylation sites is 10. The molecule has 15 aromatic carbocycles. The molecule has 0 fully saturated rings. The lowest BCUT2D eigenvalue weighted by Crippen LogP contribution is -1.98. The number of fused-ring (bicyclic) bond motifs is 24. The molecule has 105 heavy (non-hydrogen) atoms. The summed E-state index contributed by atoms with van der Waals surface area (Å²) in [6.07, 6.45) is 1.51. The number of rotatable bonds is 6. The van der Waals surface area contributed by atoms with E-state index in [4.69, 9.17) is 9.40 Å². The summed E-state index contributed by atoms with van der Waals surface area (Å²) < 4.78 is 22.5. The molecule has 0 N–H and O–H groups in total. The average molecular weight is 1380 g/mol. The second-order valence-electron chi connectivity index (χ2n) is 26.7. The first-order valence-corrected chi connectivity index (χ1v) is 36.9. The Kier molecular flexibility index (Phi) is 13.2. The van der Waals surface area contributed by atoms with Gasteiger partial charge in [-0.15, -0.1) is 11.3 Å². The molecule has 0 saturated carbocycles. The zero-order valence-electron chi connectivity index (χ0n) is 56.2. The van der Waals surface area contributed by atoms with Gasteiger partial charge in [-0.05, 0) is 115 Å². The van der Waals surface area contributed by atoms with Crippen molar-refractivity contribution in [1.29, 1.82) is 0 Å². The smallest absolute Gasteiger partial charge is 0.195 e. The third-order valence-electron chi connectivity index (χ3n) is 21.1. The van der Waals surface area contributed by atoms with E-state index >= 15 is 0 Å². The van der Waals surface area contributed by atoms with Gasteiger partial charge < -0.3 is 27.3 Å². The van der Waals surface area contributed by atoms with Gasteiger partial charge in [0.15, 0.2) is 17.1 Å². The number of hydrogen-bond acceptors (Lipinski definition) is 6. The number of aromatic nitrogens is 9. The minimum atomic E-state index is 0.782. The average Bonchev–Trinajstić information content (AvgIpc) is 1.56. The maximum atomic E-state index is 5.68. The highest BCUT2D eigenvalue weighted by atomic mass is 32.1. The first kappa shape index (κ1) is 59.1. The maximum Gasteiger partial charge on any atom is 0.195 e. The second kappa shape index (κ2) is 23.5. The highest BCUT2D eigenvalue weighted by Crippen LogP contribution is 2.47. The van der Waals surface area contributed by atoms with Gasteiger partial charge in [0, 0.05) is 93.5 Å². The summed E-state index contributed by atoms with van der Waals surface area (Å²) >= 11 is 3.43. The van der Waals surface area contributed by atoms with E-state index in [2.05, 4.69) is 365 Å². The second-order valence-corrected chi connectivity index (χ2v) is 28.6. The van der Waals surface area contributed by atoms with E-state index in [9.17, 15) is 0 Å². The molecule has 9 heterocycles. The number of oxazole rings is 1. The Morgan fingerprint density at radius 3 is 0.981 bits per heavy atom. The van der Waals surface area contributed by atoms with Crippen molar-refractivity contribution < 1.29 is 4.42 Å². The van der Waals surface area contributed by atoms with E-state index in [1.54, 1.807) is 22.7 Å². The summed E-state index contributed by atoms with van der Waals surface area (Å²) in [6, 6.07) is 119. The first-order valence-electron chi connectivity index (χ1n) is 35.2. The molecule has 10 nitrogen and oxygen atoms in total. The fourth-order valence-corrected chi connectivity index (χ4v) is 18.4. The van der Waals surface area contributed by atoms with E-state index in [0.29, 0.717) is 0 Å². The van der Waals surface area contributed by atoms with Crippen molar-refractivity contribution in [3.05, 3.63) is 346 Å². The van der Waals surface area contributed by atoms with Gasteiger partial charge in [-0.2, -0.15) is 0 Å². The van der Waals surface area contributed by atoms with Gasteiger partial charge >= 0.3 is 0 Å². The standard InChI is InChI=1S/C31H19N3O.2C31H19N3S/c1-2-8-20(9-3-1)33-27-12-6-4-10-22(27)24-15-16-25-23-11-5-7-13-28(23)34(31(25)30(24)33)21-14-17-26-29(18-21)35-19-32-26;1-2-10-20(11-3-1)33-26-15-7-4-12-21(26)23-18-19-24-22-13-5-8-16-27(22)34(30(24)29(23)33)31-32-25-14-6-9-17-28(25)35-31;1-2-8-20(9-3-1)33-27-12-6-4-10-22(27)24-15-16-25-23-11-5-7-13-28(23)34(31(25)30(24)33)21-14-17-26-29(18-21)35-19-32-26/h3*1-19H. The SMILES string of the molecule is c1ccc(-n2c3ccccc3c3ccc4c5ccccc5n(-c5ccc6ncoc6c5)c4c32)cc1.c1ccc(-n2c3ccccc3c3ccc4c5ccccc5n(-c5ccc6ncsc6c5)c4c32)cc1.c1ccc(-n2c3ccccc3c3ccc4c5ccccc5n(-c5nc6ccccc6s5)c4c32)cc1. The van der Waals surface area contributed by atoms with Crippen LogP contribution in [0.1, 0.15) is 0 Å². The fraction of sp³-hybridized carbons (Fsp3) is 0. The highest BCUT2D eigenvalue weighted by molar-refractivity contribution is 7.20. The molecule has 492 valence electrons. The van der Waals surface area contributed by atoms with Crippen LogP contribution in [0.25, 0.3) is 196 Å². The third-order valence-corrected chi connectivity index (χ3v) is 22.9. The molecule has 24 aromatic rings.